The van der Waals surface area contributed by atoms with Crippen LogP contribution in [0.25, 0.3) is 16.7 Å². The van der Waals surface area contributed by atoms with Crippen molar-refractivity contribution in [2.24, 2.45) is 0 Å². The lowest BCUT2D eigenvalue weighted by Gasteiger charge is -2.36. The van der Waals surface area contributed by atoms with Gasteiger partial charge in [-0.05, 0) is 61.4 Å². The number of fused-ring (bicyclic) bond motifs is 1. The third-order valence-corrected chi connectivity index (χ3v) is 6.04. The molecular formula is C25H21F2N5O3. The van der Waals surface area contributed by atoms with Crippen molar-refractivity contribution < 1.29 is 18.3 Å². The van der Waals surface area contributed by atoms with Crippen LogP contribution in [0.3, 0.4) is 0 Å². The molecule has 0 aliphatic heterocycles. The van der Waals surface area contributed by atoms with Crippen LogP contribution in [0.2, 0.25) is 0 Å². The van der Waals surface area contributed by atoms with Gasteiger partial charge in [0.05, 0.1) is 11.2 Å². The number of hydrogen-bond donors (Lipinski definition) is 2. The molecule has 3 N–H and O–H groups in total. The number of carbonyl (C=O) groups excluding carboxylic acids is 1. The summed E-state index contributed by atoms with van der Waals surface area (Å²) in [7, 11) is 0. The van der Waals surface area contributed by atoms with E-state index in [9.17, 15) is 18.4 Å². The number of aromatic nitrogens is 3. The minimum atomic E-state index is -0.824. The van der Waals surface area contributed by atoms with Gasteiger partial charge in [0.1, 0.15) is 22.9 Å². The summed E-state index contributed by atoms with van der Waals surface area (Å²) in [6.45, 7) is 3.45. The fourth-order valence-corrected chi connectivity index (χ4v) is 4.31. The molecule has 0 unspecified atom stereocenters. The van der Waals surface area contributed by atoms with E-state index >= 15 is 0 Å². The van der Waals surface area contributed by atoms with E-state index in [4.69, 9.17) is 10.5 Å². The molecule has 1 aliphatic carbocycles. The maximum Gasteiger partial charge on any atom is 0.334 e. The molecule has 0 atom stereocenters. The molecular weight excluding hydrogens is 456 g/mol. The van der Waals surface area contributed by atoms with Gasteiger partial charge in [-0.2, -0.15) is 0 Å². The van der Waals surface area contributed by atoms with Gasteiger partial charge < -0.3 is 15.8 Å². The predicted molar refractivity (Wildman–Crippen MR) is 127 cm³/mol. The summed E-state index contributed by atoms with van der Waals surface area (Å²) in [5, 5.41) is 2.84. The summed E-state index contributed by atoms with van der Waals surface area (Å²) < 4.78 is 35.7. The van der Waals surface area contributed by atoms with Crippen molar-refractivity contribution in [2.45, 2.75) is 24.9 Å². The second-order valence-corrected chi connectivity index (χ2v) is 8.26. The van der Waals surface area contributed by atoms with Gasteiger partial charge in [-0.15, -0.1) is 0 Å². The number of halogens is 2. The third-order valence-electron chi connectivity index (χ3n) is 6.04. The molecule has 0 spiro atoms. The van der Waals surface area contributed by atoms with Gasteiger partial charge in [0, 0.05) is 24.3 Å². The van der Waals surface area contributed by atoms with Crippen LogP contribution in [-0.4, -0.2) is 26.1 Å². The summed E-state index contributed by atoms with van der Waals surface area (Å²) in [4.78, 5) is 29.3. The Morgan fingerprint density at radius 2 is 1.91 bits per heavy atom. The van der Waals surface area contributed by atoms with E-state index in [-0.39, 0.29) is 35.2 Å². The maximum absolute atomic E-state index is 13.9. The molecule has 5 rings (SSSR count). The number of nitrogens with one attached hydrogen (secondary N) is 1. The zero-order valence-electron chi connectivity index (χ0n) is 18.4. The van der Waals surface area contributed by atoms with E-state index in [1.165, 1.54) is 16.7 Å². The standard InChI is InChI=1S/C25H21F2N5O3/c1-2-22(33)30-15-12-17(13-15)31-20-9-10-29-24(28)23(20)32(25(31)34)16-4-6-18(7-5-16)35-21-8-3-14(26)11-19(21)27/h2-11,15,17H,1,12-13H2,(H2,28,29)(H,30,33)/t15-,17+. The van der Waals surface area contributed by atoms with Crippen molar-refractivity contribution >= 4 is 22.8 Å². The van der Waals surface area contributed by atoms with Crippen LogP contribution in [0, 0.1) is 11.6 Å². The number of anilines is 1. The summed E-state index contributed by atoms with van der Waals surface area (Å²) >= 11 is 0. The number of rotatable bonds is 6. The highest BCUT2D eigenvalue weighted by molar-refractivity contribution is 5.88. The van der Waals surface area contributed by atoms with E-state index in [1.54, 1.807) is 41.1 Å². The monoisotopic (exact) mass is 477 g/mol. The number of nitrogens with two attached hydrogens (primary N) is 1. The van der Waals surface area contributed by atoms with Gasteiger partial charge in [0.15, 0.2) is 11.6 Å². The molecule has 1 aliphatic rings. The highest BCUT2D eigenvalue weighted by atomic mass is 19.1. The van der Waals surface area contributed by atoms with Crippen molar-refractivity contribution in [1.82, 2.24) is 19.4 Å². The molecule has 1 saturated carbocycles. The van der Waals surface area contributed by atoms with Gasteiger partial charge in [0.25, 0.3) is 0 Å². The highest BCUT2D eigenvalue weighted by Gasteiger charge is 2.34. The molecule has 0 saturated heterocycles. The molecule has 4 aromatic rings. The first-order valence-corrected chi connectivity index (χ1v) is 10.9. The Morgan fingerprint density at radius 3 is 2.60 bits per heavy atom. The minimum Gasteiger partial charge on any atom is -0.454 e. The molecule has 1 fully saturated rings. The molecule has 2 aromatic carbocycles. The number of imidazole rings is 1. The number of nitrogen functional groups attached to an aromatic ring is 1. The number of pyridine rings is 1. The van der Waals surface area contributed by atoms with Crippen LogP contribution in [0.15, 0.2) is 72.2 Å². The number of hydrogen-bond acceptors (Lipinski definition) is 5. The van der Waals surface area contributed by atoms with Crippen molar-refractivity contribution in [3.63, 3.8) is 0 Å². The lowest BCUT2D eigenvalue weighted by Crippen LogP contribution is -2.46. The van der Waals surface area contributed by atoms with Crippen molar-refractivity contribution in [1.29, 1.82) is 0 Å². The van der Waals surface area contributed by atoms with Crippen LogP contribution in [0.5, 0.6) is 11.5 Å². The van der Waals surface area contributed by atoms with E-state index in [0.29, 0.717) is 35.3 Å². The van der Waals surface area contributed by atoms with Crippen molar-refractivity contribution in [3.05, 3.63) is 89.5 Å². The van der Waals surface area contributed by atoms with Crippen LogP contribution < -0.4 is 21.5 Å². The Balaban J connectivity index is 1.48. The van der Waals surface area contributed by atoms with Crippen LogP contribution >= 0.6 is 0 Å². The van der Waals surface area contributed by atoms with E-state index < -0.39 is 11.6 Å². The van der Waals surface area contributed by atoms with E-state index in [0.717, 1.165) is 12.1 Å². The first kappa shape index (κ1) is 22.3. The topological polar surface area (TPSA) is 104 Å². The van der Waals surface area contributed by atoms with Crippen LogP contribution in [0.1, 0.15) is 18.9 Å². The van der Waals surface area contributed by atoms with Gasteiger partial charge in [-0.25, -0.2) is 18.6 Å². The highest BCUT2D eigenvalue weighted by Crippen LogP contribution is 2.35. The molecule has 0 radical (unpaired) electrons. The molecule has 1 amide bonds. The fourth-order valence-electron chi connectivity index (χ4n) is 4.31. The molecule has 10 heteroatoms. The molecule has 178 valence electrons. The Morgan fingerprint density at radius 1 is 1.17 bits per heavy atom. The molecule has 2 aromatic heterocycles. The Bertz CT molecular complexity index is 1500. The van der Waals surface area contributed by atoms with E-state index in [2.05, 4.69) is 16.9 Å². The summed E-state index contributed by atoms with van der Waals surface area (Å²) in [6.07, 6.45) is 3.95. The first-order valence-electron chi connectivity index (χ1n) is 10.9. The molecule has 8 nitrogen and oxygen atoms in total. The number of nitrogens with zero attached hydrogens (tertiary/aromatic N) is 3. The lowest BCUT2D eigenvalue weighted by molar-refractivity contribution is -0.117. The quantitative estimate of drug-likeness (QED) is 0.411. The second-order valence-electron chi connectivity index (χ2n) is 8.26. The predicted octanol–water partition coefficient (Wildman–Crippen LogP) is 3.85. The van der Waals surface area contributed by atoms with Gasteiger partial charge in [-0.1, -0.05) is 6.58 Å². The molecule has 2 heterocycles. The summed E-state index contributed by atoms with van der Waals surface area (Å²) in [6, 6.07) is 11.0. The number of benzene rings is 2. The Kier molecular flexibility index (Phi) is 5.56. The summed E-state index contributed by atoms with van der Waals surface area (Å²) in [5.41, 5.74) is 7.48. The zero-order valence-corrected chi connectivity index (χ0v) is 18.4. The largest absolute Gasteiger partial charge is 0.454 e. The number of amides is 1. The fraction of sp³-hybridized carbons (Fsp3) is 0.160. The minimum absolute atomic E-state index is 0.0433. The van der Waals surface area contributed by atoms with Crippen molar-refractivity contribution in [2.75, 3.05) is 5.73 Å². The van der Waals surface area contributed by atoms with Gasteiger partial charge in [-0.3, -0.25) is 13.9 Å². The average Bonchev–Trinajstić information content (AvgIpc) is 3.11. The van der Waals surface area contributed by atoms with Crippen LogP contribution in [-0.2, 0) is 4.79 Å². The lowest BCUT2D eigenvalue weighted by atomic mass is 9.86. The SMILES string of the molecule is C=CC(=O)N[C@H]1C[C@@H](n2c(=O)n(-c3ccc(Oc4ccc(F)cc4F)cc3)c3c(N)nccc32)C1. The zero-order chi connectivity index (χ0) is 24.7. The van der Waals surface area contributed by atoms with Gasteiger partial charge in [0.2, 0.25) is 5.91 Å². The Hall–Kier alpha value is -4.47. The third kappa shape index (κ3) is 4.03. The number of ether oxygens (including phenoxy) is 1. The smallest absolute Gasteiger partial charge is 0.334 e. The summed E-state index contributed by atoms with van der Waals surface area (Å²) in [5.74, 6) is -1.39. The normalized spacial score (nSPS) is 17.1. The maximum atomic E-state index is 13.9. The van der Waals surface area contributed by atoms with Crippen molar-refractivity contribution in [3.8, 4) is 17.2 Å². The second kappa shape index (κ2) is 8.71. The molecule has 35 heavy (non-hydrogen) atoms. The first-order chi connectivity index (χ1) is 16.9. The average molecular weight is 477 g/mol. The molecule has 0 bridgehead atoms. The van der Waals surface area contributed by atoms with E-state index in [1.807, 2.05) is 0 Å². The van der Waals surface area contributed by atoms with Crippen LogP contribution in [0.4, 0.5) is 14.6 Å². The Labute approximate surface area is 198 Å². The van der Waals surface area contributed by atoms with Gasteiger partial charge >= 0.3 is 5.69 Å². The number of carbonyl (C=O) groups is 1.